The van der Waals surface area contributed by atoms with Crippen molar-refractivity contribution in [2.45, 2.75) is 20.8 Å². The molecule has 2 heterocycles. The van der Waals surface area contributed by atoms with Crippen LogP contribution in [0.5, 0.6) is 0 Å². The van der Waals surface area contributed by atoms with Crippen molar-refractivity contribution in [2.75, 3.05) is 5.73 Å². The summed E-state index contributed by atoms with van der Waals surface area (Å²) in [4.78, 5) is 4.72. The first-order chi connectivity index (χ1) is 9.49. The Bertz CT molecular complexity index is 795. The Morgan fingerprint density at radius 1 is 1.15 bits per heavy atom. The minimum absolute atomic E-state index is 0.677. The number of hydrogen-bond donors (Lipinski definition) is 1. The lowest BCUT2D eigenvalue weighted by atomic mass is 9.97. The monoisotopic (exact) mass is 329 g/mol. The second-order valence-electron chi connectivity index (χ2n) is 5.17. The SMILES string of the molecule is Cc1cc(C)c(-c2nc3c(Br)cccn3c2N)c(C)c1. The summed E-state index contributed by atoms with van der Waals surface area (Å²) in [6, 6.07) is 8.26. The van der Waals surface area contributed by atoms with E-state index in [0.717, 1.165) is 21.4 Å². The maximum atomic E-state index is 6.30. The quantitative estimate of drug-likeness (QED) is 0.724. The van der Waals surface area contributed by atoms with Crippen LogP contribution in [-0.2, 0) is 0 Å². The Morgan fingerprint density at radius 2 is 1.80 bits per heavy atom. The average molecular weight is 330 g/mol. The molecule has 2 N–H and O–H groups in total. The molecule has 2 aromatic heterocycles. The van der Waals surface area contributed by atoms with Gasteiger partial charge in [-0.05, 0) is 60.0 Å². The molecule has 3 nitrogen and oxygen atoms in total. The second-order valence-corrected chi connectivity index (χ2v) is 6.02. The zero-order valence-corrected chi connectivity index (χ0v) is 13.3. The van der Waals surface area contributed by atoms with Crippen LogP contribution in [0.25, 0.3) is 16.9 Å². The summed E-state index contributed by atoms with van der Waals surface area (Å²) in [6.45, 7) is 6.31. The lowest BCUT2D eigenvalue weighted by molar-refractivity contribution is 1.19. The summed E-state index contributed by atoms with van der Waals surface area (Å²) in [5, 5.41) is 0. The maximum absolute atomic E-state index is 6.30. The third kappa shape index (κ3) is 1.91. The van der Waals surface area contributed by atoms with Gasteiger partial charge in [-0.15, -0.1) is 0 Å². The third-order valence-corrected chi connectivity index (χ3v) is 4.17. The number of anilines is 1. The maximum Gasteiger partial charge on any atom is 0.153 e. The van der Waals surface area contributed by atoms with Crippen molar-refractivity contribution in [3.63, 3.8) is 0 Å². The number of pyridine rings is 1. The molecule has 0 saturated heterocycles. The van der Waals surface area contributed by atoms with E-state index in [4.69, 9.17) is 10.7 Å². The first-order valence-corrected chi connectivity index (χ1v) is 7.28. The first kappa shape index (κ1) is 13.2. The molecule has 0 bridgehead atoms. The van der Waals surface area contributed by atoms with Crippen molar-refractivity contribution in [1.29, 1.82) is 0 Å². The van der Waals surface area contributed by atoms with E-state index in [1.165, 1.54) is 16.7 Å². The Labute approximate surface area is 126 Å². The van der Waals surface area contributed by atoms with Crippen LogP contribution in [0.1, 0.15) is 16.7 Å². The molecule has 3 rings (SSSR count). The summed E-state index contributed by atoms with van der Waals surface area (Å²) in [5.74, 6) is 0.677. The average Bonchev–Trinajstić information content (AvgIpc) is 2.68. The van der Waals surface area contributed by atoms with Crippen LogP contribution < -0.4 is 5.73 Å². The van der Waals surface area contributed by atoms with Gasteiger partial charge in [0, 0.05) is 11.8 Å². The number of benzene rings is 1. The highest BCUT2D eigenvalue weighted by Crippen LogP contribution is 2.34. The van der Waals surface area contributed by atoms with Gasteiger partial charge < -0.3 is 5.73 Å². The van der Waals surface area contributed by atoms with E-state index in [-0.39, 0.29) is 0 Å². The van der Waals surface area contributed by atoms with Crippen molar-refractivity contribution in [1.82, 2.24) is 9.38 Å². The number of halogens is 1. The standard InChI is InChI=1S/C16H16BrN3/c1-9-7-10(2)13(11(3)8-9)14-15(18)20-6-4-5-12(17)16(20)19-14/h4-8H,18H2,1-3H3. The van der Waals surface area contributed by atoms with E-state index in [1.54, 1.807) is 0 Å². The van der Waals surface area contributed by atoms with Crippen LogP contribution in [0.4, 0.5) is 5.82 Å². The fraction of sp³-hybridized carbons (Fsp3) is 0.188. The van der Waals surface area contributed by atoms with E-state index in [0.29, 0.717) is 5.82 Å². The number of rotatable bonds is 1. The zero-order chi connectivity index (χ0) is 14.4. The molecule has 4 heteroatoms. The van der Waals surface area contributed by atoms with Crippen LogP contribution in [0.2, 0.25) is 0 Å². The lowest BCUT2D eigenvalue weighted by Crippen LogP contribution is -1.96. The number of nitrogens with zero attached hydrogens (tertiary/aromatic N) is 2. The van der Waals surface area contributed by atoms with Crippen molar-refractivity contribution >= 4 is 27.4 Å². The smallest absolute Gasteiger partial charge is 0.153 e. The number of hydrogen-bond acceptors (Lipinski definition) is 2. The van der Waals surface area contributed by atoms with Gasteiger partial charge >= 0.3 is 0 Å². The van der Waals surface area contributed by atoms with Crippen molar-refractivity contribution < 1.29 is 0 Å². The van der Waals surface area contributed by atoms with Gasteiger partial charge in [0.2, 0.25) is 0 Å². The molecule has 0 saturated carbocycles. The van der Waals surface area contributed by atoms with Gasteiger partial charge in [0.15, 0.2) is 5.65 Å². The topological polar surface area (TPSA) is 43.3 Å². The Morgan fingerprint density at radius 3 is 2.40 bits per heavy atom. The summed E-state index contributed by atoms with van der Waals surface area (Å²) < 4.78 is 2.86. The summed E-state index contributed by atoms with van der Waals surface area (Å²) in [7, 11) is 0. The van der Waals surface area contributed by atoms with Crippen LogP contribution in [-0.4, -0.2) is 9.38 Å². The van der Waals surface area contributed by atoms with Gasteiger partial charge in [0.1, 0.15) is 11.5 Å². The summed E-state index contributed by atoms with van der Waals surface area (Å²) >= 11 is 3.53. The first-order valence-electron chi connectivity index (χ1n) is 6.49. The molecule has 0 atom stereocenters. The van der Waals surface area contributed by atoms with Crippen LogP contribution >= 0.6 is 15.9 Å². The molecular weight excluding hydrogens is 314 g/mol. The highest BCUT2D eigenvalue weighted by molar-refractivity contribution is 9.10. The fourth-order valence-corrected chi connectivity index (χ4v) is 3.22. The normalized spacial score (nSPS) is 11.2. The molecular formula is C16H16BrN3. The van der Waals surface area contributed by atoms with Crippen LogP contribution in [0.3, 0.4) is 0 Å². The van der Waals surface area contributed by atoms with Gasteiger partial charge in [0.05, 0.1) is 4.47 Å². The molecule has 1 aromatic carbocycles. The van der Waals surface area contributed by atoms with Gasteiger partial charge in [-0.3, -0.25) is 4.40 Å². The number of aromatic nitrogens is 2. The number of fused-ring (bicyclic) bond motifs is 1. The largest absolute Gasteiger partial charge is 0.383 e. The second kappa shape index (κ2) is 4.63. The molecule has 0 aliphatic heterocycles. The van der Waals surface area contributed by atoms with Crippen LogP contribution in [0.15, 0.2) is 34.9 Å². The van der Waals surface area contributed by atoms with E-state index < -0.39 is 0 Å². The molecule has 0 spiro atoms. The Hall–Kier alpha value is -1.81. The summed E-state index contributed by atoms with van der Waals surface area (Å²) in [6.07, 6.45) is 1.94. The fourth-order valence-electron chi connectivity index (χ4n) is 2.79. The van der Waals surface area contributed by atoms with Crippen molar-refractivity contribution in [2.24, 2.45) is 0 Å². The summed E-state index contributed by atoms with van der Waals surface area (Å²) in [5.41, 5.74) is 12.8. The van der Waals surface area contributed by atoms with E-state index in [1.807, 2.05) is 22.7 Å². The van der Waals surface area contributed by atoms with Crippen LogP contribution in [0, 0.1) is 20.8 Å². The van der Waals surface area contributed by atoms with Gasteiger partial charge in [-0.25, -0.2) is 4.98 Å². The minimum Gasteiger partial charge on any atom is -0.383 e. The molecule has 20 heavy (non-hydrogen) atoms. The zero-order valence-electron chi connectivity index (χ0n) is 11.7. The molecule has 0 amide bonds. The molecule has 3 aromatic rings. The lowest BCUT2D eigenvalue weighted by Gasteiger charge is -2.09. The Balaban J connectivity index is 2.36. The van der Waals surface area contributed by atoms with E-state index >= 15 is 0 Å². The molecule has 0 aliphatic rings. The third-order valence-electron chi connectivity index (χ3n) is 3.55. The molecule has 0 aliphatic carbocycles. The van der Waals surface area contributed by atoms with Gasteiger partial charge in [-0.2, -0.15) is 0 Å². The van der Waals surface area contributed by atoms with Crippen molar-refractivity contribution in [3.05, 3.63) is 51.6 Å². The highest BCUT2D eigenvalue weighted by atomic mass is 79.9. The van der Waals surface area contributed by atoms with Gasteiger partial charge in [0.25, 0.3) is 0 Å². The molecule has 102 valence electrons. The number of imidazole rings is 1. The van der Waals surface area contributed by atoms with E-state index in [9.17, 15) is 0 Å². The minimum atomic E-state index is 0.677. The highest BCUT2D eigenvalue weighted by Gasteiger charge is 2.16. The van der Waals surface area contributed by atoms with Gasteiger partial charge in [-0.1, -0.05) is 17.7 Å². The molecule has 0 radical (unpaired) electrons. The van der Waals surface area contributed by atoms with Crippen molar-refractivity contribution in [3.8, 4) is 11.3 Å². The Kier molecular flexibility index (Phi) is 3.05. The predicted molar refractivity (Wildman–Crippen MR) is 87.0 cm³/mol. The number of aryl methyl sites for hydroxylation is 3. The van der Waals surface area contributed by atoms with E-state index in [2.05, 4.69) is 48.8 Å². The number of nitrogen functional groups attached to an aromatic ring is 1. The number of nitrogens with two attached hydrogens (primary N) is 1. The molecule has 0 fully saturated rings. The predicted octanol–water partition coefficient (Wildman–Crippen LogP) is 4.27. The molecule has 0 unspecified atom stereocenters.